The lowest BCUT2D eigenvalue weighted by Gasteiger charge is -2.29. The Bertz CT molecular complexity index is 1610. The molecular formula is C26H22ClF3N2O4S2. The summed E-state index contributed by atoms with van der Waals surface area (Å²) in [5.41, 5.74) is -2.77. The molecule has 0 bridgehead atoms. The molecule has 0 amide bonds. The Morgan fingerprint density at radius 2 is 1.84 bits per heavy atom. The number of hydrogen-bond acceptors (Lipinski definition) is 6. The summed E-state index contributed by atoms with van der Waals surface area (Å²) >= 11 is 7.72. The van der Waals surface area contributed by atoms with E-state index in [4.69, 9.17) is 11.6 Å². The number of fused-ring (bicyclic) bond motifs is 1. The number of hydrogen-bond donors (Lipinski definition) is 3. The number of aromatic nitrogens is 1. The lowest BCUT2D eigenvalue weighted by molar-refractivity contribution is -0.277. The number of rotatable bonds is 8. The third kappa shape index (κ3) is 4.94. The number of thiophene rings is 1. The first kappa shape index (κ1) is 27.0. The predicted octanol–water partition coefficient (Wildman–Crippen LogP) is 5.53. The van der Waals surface area contributed by atoms with Crippen LogP contribution in [0.2, 0.25) is 5.02 Å². The van der Waals surface area contributed by atoms with Gasteiger partial charge in [-0.1, -0.05) is 48.0 Å². The number of nitrogens with one attached hydrogen (secondary N) is 1. The molecule has 1 aliphatic rings. The molecular weight excluding hydrogens is 561 g/mol. The van der Waals surface area contributed by atoms with E-state index in [9.17, 15) is 31.8 Å². The van der Waals surface area contributed by atoms with E-state index in [1.54, 1.807) is 36.4 Å². The van der Waals surface area contributed by atoms with Crippen molar-refractivity contribution in [3.8, 4) is 11.3 Å². The number of halogens is 4. The SMILES string of the molecule is O=S(=O)(N[C@@H](c1cc2cccc(-c3cc(C(O)(CO)C(F)(F)F)ccn3)c2s1)c1ccccc1Cl)C1CC1. The van der Waals surface area contributed by atoms with E-state index < -0.39 is 45.3 Å². The molecule has 0 aliphatic heterocycles. The summed E-state index contributed by atoms with van der Waals surface area (Å²) in [6.45, 7) is -1.55. The molecule has 3 N–H and O–H groups in total. The van der Waals surface area contributed by atoms with E-state index in [1.807, 2.05) is 12.1 Å². The van der Waals surface area contributed by atoms with Crippen molar-refractivity contribution >= 4 is 43.0 Å². The molecule has 0 saturated heterocycles. The Morgan fingerprint density at radius 1 is 1.11 bits per heavy atom. The van der Waals surface area contributed by atoms with Crippen LogP contribution in [-0.4, -0.2) is 41.6 Å². The van der Waals surface area contributed by atoms with Crippen LogP contribution in [0.15, 0.2) is 66.9 Å². The first-order valence-corrected chi connectivity index (χ1v) is 14.3. The number of aliphatic hydroxyl groups is 2. The largest absolute Gasteiger partial charge is 0.423 e. The van der Waals surface area contributed by atoms with Crippen LogP contribution < -0.4 is 4.72 Å². The van der Waals surface area contributed by atoms with E-state index in [0.717, 1.165) is 23.7 Å². The highest BCUT2D eigenvalue weighted by Crippen LogP contribution is 2.43. The second-order valence-corrected chi connectivity index (χ2v) is 12.6. The van der Waals surface area contributed by atoms with Gasteiger partial charge in [0.05, 0.1) is 23.6 Å². The minimum absolute atomic E-state index is 0.158. The molecule has 4 aromatic rings. The van der Waals surface area contributed by atoms with Gasteiger partial charge in [-0.2, -0.15) is 13.2 Å². The maximum Gasteiger partial charge on any atom is 0.423 e. The van der Waals surface area contributed by atoms with E-state index in [-0.39, 0.29) is 5.69 Å². The van der Waals surface area contributed by atoms with Gasteiger partial charge in [0.2, 0.25) is 15.6 Å². The number of nitrogens with zero attached hydrogens (tertiary/aromatic N) is 1. The van der Waals surface area contributed by atoms with Crippen molar-refractivity contribution in [2.75, 3.05) is 6.61 Å². The van der Waals surface area contributed by atoms with Crippen LogP contribution in [0.3, 0.4) is 0 Å². The van der Waals surface area contributed by atoms with Gasteiger partial charge >= 0.3 is 6.18 Å². The molecule has 1 unspecified atom stereocenters. The first-order valence-electron chi connectivity index (χ1n) is 11.6. The highest BCUT2D eigenvalue weighted by Gasteiger charge is 2.55. The third-order valence-electron chi connectivity index (χ3n) is 6.52. The van der Waals surface area contributed by atoms with Crippen molar-refractivity contribution in [2.24, 2.45) is 0 Å². The van der Waals surface area contributed by atoms with Crippen LogP contribution in [0.4, 0.5) is 13.2 Å². The lowest BCUT2D eigenvalue weighted by atomic mass is 9.93. The molecule has 1 saturated carbocycles. The fourth-order valence-corrected chi connectivity index (χ4v) is 7.33. The zero-order chi connectivity index (χ0) is 27.3. The van der Waals surface area contributed by atoms with Crippen molar-refractivity contribution in [2.45, 2.75) is 35.9 Å². The van der Waals surface area contributed by atoms with Crippen LogP contribution >= 0.6 is 22.9 Å². The normalized spacial score (nSPS) is 16.9. The van der Waals surface area contributed by atoms with Crippen LogP contribution in [0.1, 0.15) is 34.9 Å². The summed E-state index contributed by atoms with van der Waals surface area (Å²) in [7, 11) is -3.61. The monoisotopic (exact) mass is 582 g/mol. The van der Waals surface area contributed by atoms with Crippen molar-refractivity contribution < 1.29 is 31.8 Å². The van der Waals surface area contributed by atoms with Crippen LogP contribution in [0.5, 0.6) is 0 Å². The maximum absolute atomic E-state index is 13.6. The van der Waals surface area contributed by atoms with Crippen molar-refractivity contribution in [3.05, 3.63) is 87.9 Å². The Morgan fingerprint density at radius 3 is 2.50 bits per heavy atom. The first-order chi connectivity index (χ1) is 17.9. The van der Waals surface area contributed by atoms with E-state index in [1.165, 1.54) is 11.3 Å². The summed E-state index contributed by atoms with van der Waals surface area (Å²) in [5, 5.41) is 20.3. The molecule has 5 rings (SSSR count). The minimum Gasteiger partial charge on any atom is -0.393 e. The minimum atomic E-state index is -5.11. The van der Waals surface area contributed by atoms with Gasteiger partial charge in [0.15, 0.2) is 0 Å². The van der Waals surface area contributed by atoms with Crippen LogP contribution in [0.25, 0.3) is 21.3 Å². The van der Waals surface area contributed by atoms with Gasteiger partial charge in [0.25, 0.3) is 0 Å². The van der Waals surface area contributed by atoms with Crippen molar-refractivity contribution in [1.29, 1.82) is 0 Å². The van der Waals surface area contributed by atoms with Gasteiger partial charge < -0.3 is 10.2 Å². The number of alkyl halides is 3. The Balaban J connectivity index is 1.62. The molecule has 1 fully saturated rings. The summed E-state index contributed by atoms with van der Waals surface area (Å²) in [5.74, 6) is 0. The fourth-order valence-electron chi connectivity index (χ4n) is 4.23. The second kappa shape index (κ2) is 9.89. The summed E-state index contributed by atoms with van der Waals surface area (Å²) in [6.07, 6.45) is -2.80. The van der Waals surface area contributed by atoms with E-state index >= 15 is 0 Å². The zero-order valence-corrected chi connectivity index (χ0v) is 22.0. The number of aliphatic hydroxyl groups excluding tert-OH is 1. The summed E-state index contributed by atoms with van der Waals surface area (Å²) < 4.78 is 70.0. The molecule has 2 heterocycles. The zero-order valence-electron chi connectivity index (χ0n) is 19.6. The van der Waals surface area contributed by atoms with Crippen LogP contribution in [-0.2, 0) is 15.6 Å². The third-order valence-corrected chi connectivity index (χ3v) is 10.0. The highest BCUT2D eigenvalue weighted by molar-refractivity contribution is 7.90. The molecule has 6 nitrogen and oxygen atoms in total. The average molecular weight is 583 g/mol. The quantitative estimate of drug-likeness (QED) is 0.254. The summed E-state index contributed by atoms with van der Waals surface area (Å²) in [4.78, 5) is 4.86. The molecule has 2 aromatic carbocycles. The summed E-state index contributed by atoms with van der Waals surface area (Å²) in [6, 6.07) is 15.3. The molecule has 2 aromatic heterocycles. The Hall–Kier alpha value is -2.54. The number of sulfonamides is 1. The Labute approximate surface area is 225 Å². The lowest BCUT2D eigenvalue weighted by Crippen LogP contribution is -2.45. The second-order valence-electron chi connectivity index (χ2n) is 9.14. The van der Waals surface area contributed by atoms with Gasteiger partial charge in [0, 0.05) is 26.4 Å². The van der Waals surface area contributed by atoms with Gasteiger partial charge in [0.1, 0.15) is 0 Å². The molecule has 12 heteroatoms. The van der Waals surface area contributed by atoms with Crippen molar-refractivity contribution in [3.63, 3.8) is 0 Å². The van der Waals surface area contributed by atoms with Crippen molar-refractivity contribution in [1.82, 2.24) is 9.71 Å². The number of benzene rings is 2. The van der Waals surface area contributed by atoms with Gasteiger partial charge in [-0.3, -0.25) is 4.98 Å². The standard InChI is InChI=1S/C26H22ClF3N2O4S2/c27-20-7-2-1-5-18(20)23(32-38(35,36)17-8-9-17)22-12-15-4-3-6-19(24(15)37-22)21-13-16(10-11-31-21)25(34,14-33)26(28,29)30/h1-7,10-13,17,23,32-34H,8-9,14H2/t23-,25?/m1/s1. The topological polar surface area (TPSA) is 99.5 Å². The molecule has 38 heavy (non-hydrogen) atoms. The smallest absolute Gasteiger partial charge is 0.393 e. The molecule has 0 radical (unpaired) electrons. The fraction of sp³-hybridized carbons (Fsp3) is 0.269. The predicted molar refractivity (Wildman–Crippen MR) is 140 cm³/mol. The van der Waals surface area contributed by atoms with Gasteiger partial charge in [-0.05, 0) is 53.6 Å². The highest BCUT2D eigenvalue weighted by atomic mass is 35.5. The van der Waals surface area contributed by atoms with Gasteiger partial charge in [-0.25, -0.2) is 13.1 Å². The molecule has 0 spiro atoms. The average Bonchev–Trinajstić information content (AvgIpc) is 3.66. The Kier molecular flexibility index (Phi) is 7.04. The molecule has 2 atom stereocenters. The van der Waals surface area contributed by atoms with Gasteiger partial charge in [-0.15, -0.1) is 11.3 Å². The van der Waals surface area contributed by atoms with Crippen LogP contribution in [0, 0.1) is 0 Å². The van der Waals surface area contributed by atoms with E-state index in [2.05, 4.69) is 9.71 Å². The maximum atomic E-state index is 13.6. The number of pyridine rings is 1. The molecule has 200 valence electrons. The molecule has 1 aliphatic carbocycles. The van der Waals surface area contributed by atoms with E-state index in [0.29, 0.717) is 38.6 Å².